The molecule has 0 saturated heterocycles. The number of benzene rings is 8. The standard InChI is InChI=1S/C50H31N3/c1-3-13-34(14-4-1)47-51-48(35-15-5-2-6-16-35)53-49(52-47)36-27-25-32(26-28-36)37-29-30-40-38-19-7-9-22-42(38)50(45(40)31-37)43-23-10-8-20-39(43)41-21-11-17-33-18-12-24-44(50)46(33)41/h1-31H. The Morgan fingerprint density at radius 2 is 0.717 bits per heavy atom. The van der Waals surface area contributed by atoms with E-state index in [1.165, 1.54) is 60.8 Å². The van der Waals surface area contributed by atoms with Crippen LogP contribution in [0.15, 0.2) is 188 Å². The van der Waals surface area contributed by atoms with E-state index in [0.29, 0.717) is 17.5 Å². The van der Waals surface area contributed by atoms with E-state index in [1.54, 1.807) is 0 Å². The Morgan fingerprint density at radius 3 is 1.34 bits per heavy atom. The number of hydrogen-bond donors (Lipinski definition) is 0. The van der Waals surface area contributed by atoms with Gasteiger partial charge in [0.25, 0.3) is 0 Å². The molecule has 8 aromatic carbocycles. The maximum Gasteiger partial charge on any atom is 0.164 e. The fourth-order valence-corrected chi connectivity index (χ4v) is 8.86. The smallest absolute Gasteiger partial charge is 0.164 e. The van der Waals surface area contributed by atoms with Gasteiger partial charge in [0.15, 0.2) is 17.5 Å². The van der Waals surface area contributed by atoms with Crippen molar-refractivity contribution >= 4 is 10.8 Å². The quantitative estimate of drug-likeness (QED) is 0.187. The van der Waals surface area contributed by atoms with E-state index in [-0.39, 0.29) is 0 Å². The normalized spacial score (nSPS) is 14.9. The highest BCUT2D eigenvalue weighted by atomic mass is 15.0. The minimum Gasteiger partial charge on any atom is -0.208 e. The van der Waals surface area contributed by atoms with Crippen LogP contribution in [0.25, 0.3) is 78.3 Å². The minimum atomic E-state index is -0.446. The fourth-order valence-electron chi connectivity index (χ4n) is 8.86. The predicted molar refractivity (Wildman–Crippen MR) is 215 cm³/mol. The van der Waals surface area contributed by atoms with E-state index in [2.05, 4.69) is 127 Å². The Bertz CT molecular complexity index is 2820. The largest absolute Gasteiger partial charge is 0.208 e. The van der Waals surface area contributed by atoms with Crippen molar-refractivity contribution in [3.8, 4) is 67.5 Å². The molecule has 3 heteroatoms. The van der Waals surface area contributed by atoms with Crippen LogP contribution in [0, 0.1) is 0 Å². The van der Waals surface area contributed by atoms with E-state index >= 15 is 0 Å². The van der Waals surface area contributed by atoms with E-state index in [1.807, 2.05) is 60.7 Å². The molecular formula is C50H31N3. The summed E-state index contributed by atoms with van der Waals surface area (Å²) in [7, 11) is 0. The van der Waals surface area contributed by atoms with Crippen molar-refractivity contribution in [2.75, 3.05) is 0 Å². The number of hydrogen-bond acceptors (Lipinski definition) is 3. The van der Waals surface area contributed by atoms with Gasteiger partial charge in [0, 0.05) is 16.7 Å². The summed E-state index contributed by atoms with van der Waals surface area (Å²) in [6, 6.07) is 67.6. The zero-order chi connectivity index (χ0) is 34.9. The summed E-state index contributed by atoms with van der Waals surface area (Å²) in [5.74, 6) is 1.97. The molecular weight excluding hydrogens is 643 g/mol. The van der Waals surface area contributed by atoms with Crippen LogP contribution in [0.2, 0.25) is 0 Å². The third-order valence-electron chi connectivity index (χ3n) is 11.2. The van der Waals surface area contributed by atoms with Gasteiger partial charge in [-0.05, 0) is 72.5 Å². The Hall–Kier alpha value is -6.97. The van der Waals surface area contributed by atoms with Crippen LogP contribution < -0.4 is 0 Å². The van der Waals surface area contributed by atoms with Crippen LogP contribution >= 0.6 is 0 Å². The van der Waals surface area contributed by atoms with Gasteiger partial charge in [-0.25, -0.2) is 15.0 Å². The molecule has 0 aliphatic heterocycles. The average Bonchev–Trinajstić information content (AvgIpc) is 3.53. The second kappa shape index (κ2) is 11.5. The minimum absolute atomic E-state index is 0.446. The Morgan fingerprint density at radius 1 is 0.283 bits per heavy atom. The topological polar surface area (TPSA) is 38.7 Å². The Labute approximate surface area is 308 Å². The first-order chi connectivity index (χ1) is 26.3. The molecule has 1 spiro atoms. The first-order valence-electron chi connectivity index (χ1n) is 18.1. The van der Waals surface area contributed by atoms with Gasteiger partial charge in [-0.3, -0.25) is 0 Å². The number of fused-ring (bicyclic) bond motifs is 9. The first-order valence-corrected chi connectivity index (χ1v) is 18.1. The monoisotopic (exact) mass is 673 g/mol. The van der Waals surface area contributed by atoms with Crippen LogP contribution in [-0.2, 0) is 5.41 Å². The molecule has 1 unspecified atom stereocenters. The molecule has 0 amide bonds. The van der Waals surface area contributed by atoms with Crippen molar-refractivity contribution in [3.63, 3.8) is 0 Å². The molecule has 2 aliphatic rings. The third kappa shape index (κ3) is 4.38. The second-order valence-electron chi connectivity index (χ2n) is 13.9. The van der Waals surface area contributed by atoms with Crippen molar-refractivity contribution in [3.05, 3.63) is 210 Å². The van der Waals surface area contributed by atoms with Gasteiger partial charge >= 0.3 is 0 Å². The SMILES string of the molecule is c1ccc(-c2nc(-c3ccccc3)nc(-c3ccc(-c4ccc5c(c4)C4(c6ccccc6-5)c5ccccc5-c5cccc6cccc4c56)cc3)n2)cc1. The highest BCUT2D eigenvalue weighted by Gasteiger charge is 2.50. The molecule has 1 aromatic heterocycles. The first kappa shape index (κ1) is 29.7. The van der Waals surface area contributed by atoms with Crippen LogP contribution in [0.1, 0.15) is 22.3 Å². The summed E-state index contributed by atoms with van der Waals surface area (Å²) in [6.07, 6.45) is 0. The maximum absolute atomic E-state index is 4.97. The molecule has 0 bridgehead atoms. The van der Waals surface area contributed by atoms with Gasteiger partial charge < -0.3 is 0 Å². The second-order valence-corrected chi connectivity index (χ2v) is 13.9. The molecule has 2 aliphatic carbocycles. The molecule has 0 fully saturated rings. The summed E-state index contributed by atoms with van der Waals surface area (Å²) < 4.78 is 0. The van der Waals surface area contributed by atoms with Gasteiger partial charge in [-0.15, -0.1) is 0 Å². The van der Waals surface area contributed by atoms with Crippen LogP contribution in [-0.4, -0.2) is 15.0 Å². The number of nitrogens with zero attached hydrogens (tertiary/aromatic N) is 3. The third-order valence-corrected chi connectivity index (χ3v) is 11.2. The van der Waals surface area contributed by atoms with Crippen LogP contribution in [0.4, 0.5) is 0 Å². The van der Waals surface area contributed by atoms with E-state index in [4.69, 9.17) is 15.0 Å². The summed E-state index contributed by atoms with van der Waals surface area (Å²) in [4.78, 5) is 14.8. The molecule has 0 radical (unpaired) electrons. The number of aromatic nitrogens is 3. The molecule has 0 N–H and O–H groups in total. The van der Waals surface area contributed by atoms with Crippen molar-refractivity contribution < 1.29 is 0 Å². The Kier molecular flexibility index (Phi) is 6.47. The maximum atomic E-state index is 4.97. The lowest BCUT2D eigenvalue weighted by Crippen LogP contribution is -2.31. The molecule has 9 aromatic rings. The lowest BCUT2D eigenvalue weighted by molar-refractivity contribution is 0.774. The Balaban J connectivity index is 1.08. The summed E-state index contributed by atoms with van der Waals surface area (Å²) >= 11 is 0. The molecule has 3 nitrogen and oxygen atoms in total. The van der Waals surface area contributed by atoms with Crippen molar-refractivity contribution in [2.45, 2.75) is 5.41 Å². The molecule has 11 rings (SSSR count). The van der Waals surface area contributed by atoms with Gasteiger partial charge in [-0.1, -0.05) is 182 Å². The summed E-state index contributed by atoms with van der Waals surface area (Å²) in [5.41, 5.74) is 15.3. The molecule has 53 heavy (non-hydrogen) atoms. The predicted octanol–water partition coefficient (Wildman–Crippen LogP) is 12.0. The van der Waals surface area contributed by atoms with Gasteiger partial charge in [0.2, 0.25) is 0 Å². The van der Waals surface area contributed by atoms with E-state index in [9.17, 15) is 0 Å². The number of rotatable bonds is 4. The van der Waals surface area contributed by atoms with E-state index in [0.717, 1.165) is 22.3 Å². The van der Waals surface area contributed by atoms with Crippen LogP contribution in [0.5, 0.6) is 0 Å². The molecule has 246 valence electrons. The van der Waals surface area contributed by atoms with Gasteiger partial charge in [0.1, 0.15) is 0 Å². The molecule has 1 heterocycles. The van der Waals surface area contributed by atoms with E-state index < -0.39 is 5.41 Å². The lowest BCUT2D eigenvalue weighted by Gasteiger charge is -2.40. The average molecular weight is 674 g/mol. The molecule has 1 atom stereocenters. The van der Waals surface area contributed by atoms with Gasteiger partial charge in [0.05, 0.1) is 5.41 Å². The summed E-state index contributed by atoms with van der Waals surface area (Å²) in [6.45, 7) is 0. The van der Waals surface area contributed by atoms with Gasteiger partial charge in [-0.2, -0.15) is 0 Å². The zero-order valence-electron chi connectivity index (χ0n) is 28.7. The van der Waals surface area contributed by atoms with Crippen LogP contribution in [0.3, 0.4) is 0 Å². The molecule has 0 saturated carbocycles. The van der Waals surface area contributed by atoms with Crippen molar-refractivity contribution in [1.29, 1.82) is 0 Å². The fraction of sp³-hybridized carbons (Fsp3) is 0.0200. The van der Waals surface area contributed by atoms with Crippen molar-refractivity contribution in [2.24, 2.45) is 0 Å². The van der Waals surface area contributed by atoms with Crippen molar-refractivity contribution in [1.82, 2.24) is 15.0 Å². The lowest BCUT2D eigenvalue weighted by atomic mass is 9.61. The summed E-state index contributed by atoms with van der Waals surface area (Å²) in [5, 5.41) is 2.61. The highest BCUT2D eigenvalue weighted by Crippen LogP contribution is 2.62. The highest BCUT2D eigenvalue weighted by molar-refractivity contribution is 6.07. The zero-order valence-corrected chi connectivity index (χ0v) is 28.7.